The first-order valence-electron chi connectivity index (χ1n) is 4.70. The van der Waals surface area contributed by atoms with Crippen molar-refractivity contribution in [1.82, 2.24) is 0 Å². The van der Waals surface area contributed by atoms with Crippen LogP contribution < -0.4 is 0 Å². The summed E-state index contributed by atoms with van der Waals surface area (Å²) in [5.41, 5.74) is -0.400. The van der Waals surface area contributed by atoms with E-state index in [1.54, 1.807) is 18.2 Å². The first-order valence-corrected chi connectivity index (χ1v) is 6.11. The molecule has 0 bridgehead atoms. The molecule has 1 rings (SSSR count). The van der Waals surface area contributed by atoms with Crippen molar-refractivity contribution < 1.29 is 12.6 Å². The number of nitrogens with zero attached hydrogens (tertiary/aromatic N) is 1. The molecule has 0 aromatic heterocycles. The van der Waals surface area contributed by atoms with Gasteiger partial charge >= 0.3 is 0 Å². The Kier molecular flexibility index (Phi) is 3.36. The number of hydrogen-bond donors (Lipinski definition) is 0. The standard InChI is InChI=1S/C11H13NO3S/c1-9-4-6-10(7-5-9)16(13,14)15-11(2,3)8-12/h4-7H,1-3H3. The van der Waals surface area contributed by atoms with E-state index in [2.05, 4.69) is 0 Å². The SMILES string of the molecule is Cc1ccc(S(=O)(=O)OC(C)(C)C#N)cc1. The third-order valence-electron chi connectivity index (χ3n) is 1.90. The largest absolute Gasteiger partial charge is 0.298 e. The van der Waals surface area contributed by atoms with Gasteiger partial charge in [-0.05, 0) is 32.9 Å². The van der Waals surface area contributed by atoms with E-state index < -0.39 is 15.7 Å². The zero-order valence-electron chi connectivity index (χ0n) is 9.39. The van der Waals surface area contributed by atoms with Gasteiger partial charge in [0.2, 0.25) is 0 Å². The summed E-state index contributed by atoms with van der Waals surface area (Å²) in [6.07, 6.45) is 0. The number of hydrogen-bond acceptors (Lipinski definition) is 4. The topological polar surface area (TPSA) is 67.2 Å². The number of aryl methyl sites for hydroxylation is 1. The molecule has 0 aliphatic heterocycles. The van der Waals surface area contributed by atoms with Gasteiger partial charge in [0.1, 0.15) is 0 Å². The quantitative estimate of drug-likeness (QED) is 0.757. The minimum Gasteiger partial charge on any atom is -0.245 e. The molecule has 0 radical (unpaired) electrons. The van der Waals surface area contributed by atoms with Crippen molar-refractivity contribution in [2.45, 2.75) is 31.3 Å². The molecule has 0 spiro atoms. The van der Waals surface area contributed by atoms with Gasteiger partial charge in [-0.25, -0.2) is 4.18 Å². The van der Waals surface area contributed by atoms with Crippen LogP contribution in [0.5, 0.6) is 0 Å². The summed E-state index contributed by atoms with van der Waals surface area (Å²) in [5.74, 6) is 0. The molecule has 0 saturated carbocycles. The van der Waals surface area contributed by atoms with Gasteiger partial charge in [-0.1, -0.05) is 17.7 Å². The highest BCUT2D eigenvalue weighted by molar-refractivity contribution is 7.86. The molecular formula is C11H13NO3S. The van der Waals surface area contributed by atoms with Gasteiger partial charge in [0.15, 0.2) is 5.60 Å². The van der Waals surface area contributed by atoms with E-state index in [4.69, 9.17) is 9.44 Å². The lowest BCUT2D eigenvalue weighted by atomic mass is 10.2. The van der Waals surface area contributed by atoms with Gasteiger partial charge < -0.3 is 0 Å². The Morgan fingerprint density at radius 2 is 1.75 bits per heavy atom. The van der Waals surface area contributed by atoms with Crippen molar-refractivity contribution in [3.05, 3.63) is 29.8 Å². The zero-order valence-corrected chi connectivity index (χ0v) is 10.2. The molecule has 1 aromatic carbocycles. The molecule has 0 saturated heterocycles. The second-order valence-corrected chi connectivity index (χ2v) is 5.52. The van der Waals surface area contributed by atoms with Crippen LogP contribution in [-0.2, 0) is 14.3 Å². The minimum atomic E-state index is -3.87. The van der Waals surface area contributed by atoms with Crippen LogP contribution in [0.3, 0.4) is 0 Å². The van der Waals surface area contributed by atoms with Gasteiger partial charge in [0.25, 0.3) is 10.1 Å². The normalized spacial score (nSPS) is 12.1. The molecule has 0 fully saturated rings. The zero-order chi connectivity index (χ0) is 12.4. The van der Waals surface area contributed by atoms with E-state index in [1.165, 1.54) is 26.0 Å². The van der Waals surface area contributed by atoms with Gasteiger partial charge in [0, 0.05) is 0 Å². The molecule has 0 unspecified atom stereocenters. The van der Waals surface area contributed by atoms with Gasteiger partial charge in [-0.2, -0.15) is 13.7 Å². The molecule has 5 heteroatoms. The summed E-state index contributed by atoms with van der Waals surface area (Å²) in [4.78, 5) is 0.0569. The third kappa shape index (κ3) is 3.05. The fraction of sp³-hybridized carbons (Fsp3) is 0.364. The van der Waals surface area contributed by atoms with Crippen molar-refractivity contribution in [3.8, 4) is 6.07 Å². The first-order chi connectivity index (χ1) is 7.27. The van der Waals surface area contributed by atoms with Crippen LogP contribution in [0, 0.1) is 18.3 Å². The molecule has 1 aromatic rings. The van der Waals surface area contributed by atoms with Crippen molar-refractivity contribution in [2.75, 3.05) is 0 Å². The fourth-order valence-electron chi connectivity index (χ4n) is 1.05. The molecule has 0 heterocycles. The fourth-order valence-corrected chi connectivity index (χ4v) is 2.20. The van der Waals surface area contributed by atoms with E-state index in [-0.39, 0.29) is 4.90 Å². The monoisotopic (exact) mass is 239 g/mol. The molecule has 0 aliphatic rings. The van der Waals surface area contributed by atoms with Gasteiger partial charge in [0.05, 0.1) is 11.0 Å². The molecular weight excluding hydrogens is 226 g/mol. The van der Waals surface area contributed by atoms with E-state index in [9.17, 15) is 8.42 Å². The maximum Gasteiger partial charge on any atom is 0.298 e. The minimum absolute atomic E-state index is 0.0569. The average molecular weight is 239 g/mol. The first kappa shape index (κ1) is 12.7. The third-order valence-corrected chi connectivity index (χ3v) is 3.38. The van der Waals surface area contributed by atoms with Crippen molar-refractivity contribution in [2.24, 2.45) is 0 Å². The molecule has 0 atom stereocenters. The van der Waals surface area contributed by atoms with Crippen LogP contribution in [0.2, 0.25) is 0 Å². The summed E-state index contributed by atoms with van der Waals surface area (Å²) < 4.78 is 28.3. The van der Waals surface area contributed by atoms with Crippen molar-refractivity contribution >= 4 is 10.1 Å². The Bertz CT molecular complexity index is 509. The Hall–Kier alpha value is -1.38. The summed E-state index contributed by atoms with van der Waals surface area (Å²) in [6.45, 7) is 4.66. The second kappa shape index (κ2) is 4.24. The highest BCUT2D eigenvalue weighted by Gasteiger charge is 2.27. The molecule has 4 nitrogen and oxygen atoms in total. The smallest absolute Gasteiger partial charge is 0.245 e. The lowest BCUT2D eigenvalue weighted by Crippen LogP contribution is -2.26. The Morgan fingerprint density at radius 1 is 1.25 bits per heavy atom. The second-order valence-electron chi connectivity index (χ2n) is 3.97. The Balaban J connectivity index is 3.05. The number of rotatable bonds is 3. The van der Waals surface area contributed by atoms with Crippen LogP contribution in [0.4, 0.5) is 0 Å². The number of benzene rings is 1. The van der Waals surface area contributed by atoms with Crippen LogP contribution in [-0.4, -0.2) is 14.0 Å². The van der Waals surface area contributed by atoms with E-state index in [0.717, 1.165) is 5.56 Å². The Morgan fingerprint density at radius 3 is 2.19 bits per heavy atom. The number of nitriles is 1. The lowest BCUT2D eigenvalue weighted by Gasteiger charge is -2.15. The molecule has 0 N–H and O–H groups in total. The van der Waals surface area contributed by atoms with Crippen LogP contribution >= 0.6 is 0 Å². The average Bonchev–Trinajstić information content (AvgIpc) is 2.17. The van der Waals surface area contributed by atoms with Crippen LogP contribution in [0.15, 0.2) is 29.2 Å². The predicted octanol–water partition coefficient (Wildman–Crippen LogP) is 2.00. The highest BCUT2D eigenvalue weighted by Crippen LogP contribution is 2.19. The Labute approximate surface area is 95.6 Å². The van der Waals surface area contributed by atoms with Crippen LogP contribution in [0.1, 0.15) is 19.4 Å². The summed E-state index contributed by atoms with van der Waals surface area (Å²) in [7, 11) is -3.87. The summed E-state index contributed by atoms with van der Waals surface area (Å²) in [6, 6.07) is 8.04. The molecule has 16 heavy (non-hydrogen) atoms. The highest BCUT2D eigenvalue weighted by atomic mass is 32.2. The maximum atomic E-state index is 11.7. The molecule has 0 amide bonds. The summed E-state index contributed by atoms with van der Waals surface area (Å²) >= 11 is 0. The van der Waals surface area contributed by atoms with Gasteiger partial charge in [-0.15, -0.1) is 0 Å². The predicted molar refractivity (Wildman–Crippen MR) is 59.1 cm³/mol. The van der Waals surface area contributed by atoms with E-state index >= 15 is 0 Å². The molecule has 0 aliphatic carbocycles. The summed E-state index contributed by atoms with van der Waals surface area (Å²) in [5, 5.41) is 8.71. The van der Waals surface area contributed by atoms with Gasteiger partial charge in [-0.3, -0.25) is 0 Å². The lowest BCUT2D eigenvalue weighted by molar-refractivity contribution is 0.178. The maximum absolute atomic E-state index is 11.7. The van der Waals surface area contributed by atoms with E-state index in [0.29, 0.717) is 0 Å². The van der Waals surface area contributed by atoms with Crippen molar-refractivity contribution in [1.29, 1.82) is 5.26 Å². The molecule has 86 valence electrons. The van der Waals surface area contributed by atoms with Crippen LogP contribution in [0.25, 0.3) is 0 Å². The van der Waals surface area contributed by atoms with E-state index in [1.807, 2.05) is 6.92 Å². The van der Waals surface area contributed by atoms with Crippen molar-refractivity contribution in [3.63, 3.8) is 0 Å².